The number of aliphatic carboxylic acids is 1. The van der Waals surface area contributed by atoms with E-state index in [1.54, 1.807) is 0 Å². The summed E-state index contributed by atoms with van der Waals surface area (Å²) in [6.07, 6.45) is 18.1. The van der Waals surface area contributed by atoms with Gasteiger partial charge in [0.2, 0.25) is 0 Å². The number of carbonyl (C=O) groups is 1. The Labute approximate surface area is 130 Å². The topological polar surface area (TPSA) is 37.3 Å². The maximum Gasteiger partial charge on any atom is 0.307 e. The van der Waals surface area contributed by atoms with Crippen LogP contribution in [0.25, 0.3) is 0 Å². The van der Waals surface area contributed by atoms with Crippen LogP contribution in [0.3, 0.4) is 0 Å². The Morgan fingerprint density at radius 3 is 2.10 bits per heavy atom. The van der Waals surface area contributed by atoms with Crippen molar-refractivity contribution >= 4 is 5.97 Å². The Morgan fingerprint density at radius 2 is 1.57 bits per heavy atom. The van der Waals surface area contributed by atoms with E-state index < -0.39 is 5.97 Å². The summed E-state index contributed by atoms with van der Waals surface area (Å²) in [4.78, 5) is 10.5. The minimum Gasteiger partial charge on any atom is -0.481 e. The summed E-state index contributed by atoms with van der Waals surface area (Å²) < 4.78 is 0. The monoisotopic (exact) mass is 292 g/mol. The van der Waals surface area contributed by atoms with Gasteiger partial charge < -0.3 is 5.11 Å². The molecule has 0 aromatic heterocycles. The van der Waals surface area contributed by atoms with Gasteiger partial charge in [-0.1, -0.05) is 44.8 Å². The van der Waals surface area contributed by atoms with Crippen molar-refractivity contribution in [3.05, 3.63) is 12.2 Å². The minimum absolute atomic E-state index is 0.182. The van der Waals surface area contributed by atoms with Gasteiger partial charge in [0, 0.05) is 0 Å². The summed E-state index contributed by atoms with van der Waals surface area (Å²) in [5.41, 5.74) is 0. The summed E-state index contributed by atoms with van der Waals surface area (Å²) in [5, 5.41) is 8.66. The van der Waals surface area contributed by atoms with E-state index in [4.69, 9.17) is 5.11 Å². The molecule has 2 aliphatic carbocycles. The van der Waals surface area contributed by atoms with Gasteiger partial charge in [-0.25, -0.2) is 0 Å². The molecule has 0 saturated heterocycles. The molecule has 0 spiro atoms. The zero-order valence-electron chi connectivity index (χ0n) is 13.6. The van der Waals surface area contributed by atoms with Gasteiger partial charge in [0.15, 0.2) is 0 Å². The number of carboxylic acid groups (broad SMARTS) is 1. The van der Waals surface area contributed by atoms with Gasteiger partial charge in [-0.05, 0) is 62.2 Å². The molecule has 2 rings (SSSR count). The van der Waals surface area contributed by atoms with Crippen molar-refractivity contribution in [3.8, 4) is 0 Å². The molecule has 0 atom stereocenters. The molecule has 2 fully saturated rings. The highest BCUT2D eigenvalue weighted by Gasteiger charge is 2.29. The second kappa shape index (κ2) is 8.60. The quantitative estimate of drug-likeness (QED) is 0.663. The van der Waals surface area contributed by atoms with E-state index in [1.807, 2.05) is 6.08 Å². The molecule has 0 amide bonds. The number of hydrogen-bond donors (Lipinski definition) is 1. The van der Waals surface area contributed by atoms with Crippen molar-refractivity contribution in [1.29, 1.82) is 0 Å². The maximum absolute atomic E-state index is 10.5. The lowest BCUT2D eigenvalue weighted by Gasteiger charge is -2.37. The number of hydrogen-bond acceptors (Lipinski definition) is 1. The largest absolute Gasteiger partial charge is 0.481 e. The number of carboxylic acids is 1. The van der Waals surface area contributed by atoms with E-state index in [2.05, 4.69) is 13.0 Å². The number of allylic oxidation sites excluding steroid dienone is 1. The summed E-state index contributed by atoms with van der Waals surface area (Å²) in [6.45, 7) is 2.31. The highest BCUT2D eigenvalue weighted by molar-refractivity contribution is 5.68. The first-order valence-corrected chi connectivity index (χ1v) is 9.07. The lowest BCUT2D eigenvalue weighted by atomic mass is 9.68. The van der Waals surface area contributed by atoms with Crippen molar-refractivity contribution < 1.29 is 9.90 Å². The highest BCUT2D eigenvalue weighted by atomic mass is 16.4. The standard InChI is InChI=1S/C19H32O2/c1-2-4-15-7-11-17(12-8-15)18-13-9-16(10-14-18)5-3-6-19(20)21/h3,5,15-18H,2,4,6-14H2,1H3,(H,20,21)/t15-,16-,17-,18-. The normalized spacial score (nSPS) is 34.1. The molecule has 21 heavy (non-hydrogen) atoms. The predicted molar refractivity (Wildman–Crippen MR) is 87.2 cm³/mol. The molecule has 1 N–H and O–H groups in total. The Morgan fingerprint density at radius 1 is 1.00 bits per heavy atom. The molecule has 2 saturated carbocycles. The molecular formula is C19H32O2. The average Bonchev–Trinajstić information content (AvgIpc) is 2.49. The van der Waals surface area contributed by atoms with Gasteiger partial charge in [-0.2, -0.15) is 0 Å². The van der Waals surface area contributed by atoms with Gasteiger partial charge >= 0.3 is 5.97 Å². The molecule has 0 radical (unpaired) electrons. The van der Waals surface area contributed by atoms with Gasteiger partial charge in [-0.3, -0.25) is 4.79 Å². The molecular weight excluding hydrogens is 260 g/mol. The van der Waals surface area contributed by atoms with Crippen LogP contribution in [0.5, 0.6) is 0 Å². The van der Waals surface area contributed by atoms with Crippen LogP contribution in [0.15, 0.2) is 12.2 Å². The Hall–Kier alpha value is -0.790. The molecule has 0 heterocycles. The summed E-state index contributed by atoms with van der Waals surface area (Å²) in [5.74, 6) is 2.88. The first-order chi connectivity index (χ1) is 10.2. The van der Waals surface area contributed by atoms with Crippen LogP contribution in [0.4, 0.5) is 0 Å². The van der Waals surface area contributed by atoms with E-state index in [1.165, 1.54) is 64.2 Å². The molecule has 2 heteroatoms. The molecule has 0 aromatic rings. The molecule has 0 aromatic carbocycles. The van der Waals surface area contributed by atoms with E-state index in [0.29, 0.717) is 5.92 Å². The Kier molecular flexibility index (Phi) is 6.79. The first kappa shape index (κ1) is 16.6. The molecule has 2 nitrogen and oxygen atoms in total. The average molecular weight is 292 g/mol. The van der Waals surface area contributed by atoms with Crippen LogP contribution < -0.4 is 0 Å². The molecule has 0 bridgehead atoms. The second-order valence-corrected chi connectivity index (χ2v) is 7.27. The Balaban J connectivity index is 1.67. The Bertz CT molecular complexity index is 331. The van der Waals surface area contributed by atoms with E-state index in [-0.39, 0.29) is 6.42 Å². The first-order valence-electron chi connectivity index (χ1n) is 9.07. The lowest BCUT2D eigenvalue weighted by Crippen LogP contribution is -2.25. The van der Waals surface area contributed by atoms with E-state index >= 15 is 0 Å². The fraction of sp³-hybridized carbons (Fsp3) is 0.842. The third kappa shape index (κ3) is 5.48. The number of rotatable bonds is 6. The van der Waals surface area contributed by atoms with Gasteiger partial charge in [-0.15, -0.1) is 0 Å². The van der Waals surface area contributed by atoms with Crippen molar-refractivity contribution in [1.82, 2.24) is 0 Å². The predicted octanol–water partition coefficient (Wildman–Crippen LogP) is 5.43. The van der Waals surface area contributed by atoms with Gasteiger partial charge in [0.1, 0.15) is 0 Å². The van der Waals surface area contributed by atoms with Crippen LogP contribution >= 0.6 is 0 Å². The van der Waals surface area contributed by atoms with Crippen LogP contribution in [0.1, 0.15) is 77.6 Å². The third-order valence-corrected chi connectivity index (χ3v) is 5.77. The summed E-state index contributed by atoms with van der Waals surface area (Å²) in [6, 6.07) is 0. The fourth-order valence-corrected chi connectivity index (χ4v) is 4.53. The van der Waals surface area contributed by atoms with E-state index in [9.17, 15) is 4.79 Å². The molecule has 120 valence electrons. The second-order valence-electron chi connectivity index (χ2n) is 7.27. The van der Waals surface area contributed by atoms with Crippen molar-refractivity contribution in [3.63, 3.8) is 0 Å². The van der Waals surface area contributed by atoms with Crippen LogP contribution in [0, 0.1) is 23.7 Å². The van der Waals surface area contributed by atoms with Gasteiger partial charge in [0.05, 0.1) is 6.42 Å². The van der Waals surface area contributed by atoms with Crippen LogP contribution in [0.2, 0.25) is 0 Å². The van der Waals surface area contributed by atoms with Crippen molar-refractivity contribution in [2.75, 3.05) is 0 Å². The van der Waals surface area contributed by atoms with Crippen molar-refractivity contribution in [2.45, 2.75) is 77.6 Å². The SMILES string of the molecule is CCC[C@H]1CC[C@H]([C@H]2CC[C@H](C=CCC(=O)O)CC2)CC1. The minimum atomic E-state index is -0.719. The summed E-state index contributed by atoms with van der Waals surface area (Å²) in [7, 11) is 0. The molecule has 0 unspecified atom stereocenters. The van der Waals surface area contributed by atoms with Gasteiger partial charge in [0.25, 0.3) is 0 Å². The zero-order valence-corrected chi connectivity index (χ0v) is 13.6. The maximum atomic E-state index is 10.5. The zero-order chi connectivity index (χ0) is 15.1. The summed E-state index contributed by atoms with van der Waals surface area (Å²) >= 11 is 0. The molecule has 2 aliphatic rings. The van der Waals surface area contributed by atoms with Crippen molar-refractivity contribution in [2.24, 2.45) is 23.7 Å². The molecule has 0 aliphatic heterocycles. The van der Waals surface area contributed by atoms with Crippen LogP contribution in [-0.2, 0) is 4.79 Å². The van der Waals surface area contributed by atoms with Crippen LogP contribution in [-0.4, -0.2) is 11.1 Å². The highest BCUT2D eigenvalue weighted by Crippen LogP contribution is 2.42. The van der Waals surface area contributed by atoms with E-state index in [0.717, 1.165) is 17.8 Å². The fourth-order valence-electron chi connectivity index (χ4n) is 4.53. The third-order valence-electron chi connectivity index (χ3n) is 5.77. The smallest absolute Gasteiger partial charge is 0.307 e. The lowest BCUT2D eigenvalue weighted by molar-refractivity contribution is -0.136.